The van der Waals surface area contributed by atoms with Gasteiger partial charge in [0.1, 0.15) is 0 Å². The van der Waals surface area contributed by atoms with Gasteiger partial charge in [-0.2, -0.15) is 0 Å². The van der Waals surface area contributed by atoms with Crippen LogP contribution in [0, 0.1) is 0 Å². The Morgan fingerprint density at radius 2 is 1.80 bits per heavy atom. The molecule has 0 radical (unpaired) electrons. The van der Waals surface area contributed by atoms with Crippen molar-refractivity contribution in [3.63, 3.8) is 0 Å². The summed E-state index contributed by atoms with van der Waals surface area (Å²) in [4.78, 5) is 29.8. The second kappa shape index (κ2) is 9.77. The summed E-state index contributed by atoms with van der Waals surface area (Å²) in [6.45, 7) is 6.50. The number of carbonyl (C=O) groups excluding carboxylic acids is 2. The smallest absolute Gasteiger partial charge is 0.291 e. The quantitative estimate of drug-likeness (QED) is 0.725. The Morgan fingerprint density at radius 3 is 2.53 bits per heavy atom. The lowest BCUT2D eigenvalue weighted by molar-refractivity contribution is 0.0383. The van der Waals surface area contributed by atoms with E-state index >= 15 is 0 Å². The molecule has 8 heteroatoms. The van der Waals surface area contributed by atoms with E-state index in [1.54, 1.807) is 18.2 Å². The summed E-state index contributed by atoms with van der Waals surface area (Å²) in [5.41, 5.74) is 2.06. The number of nitrogens with zero attached hydrogens (tertiary/aromatic N) is 2. The van der Waals surface area contributed by atoms with Crippen LogP contribution in [0.2, 0.25) is 0 Å². The van der Waals surface area contributed by atoms with E-state index in [-0.39, 0.29) is 17.6 Å². The Hall–Kier alpha value is -2.84. The number of amides is 2. The number of hydrogen-bond acceptors (Lipinski definition) is 6. The molecule has 0 atom stereocenters. The molecule has 2 aliphatic heterocycles. The summed E-state index contributed by atoms with van der Waals surface area (Å²) in [5.74, 6) is -0.234. The number of benzene rings is 1. The maximum atomic E-state index is 13.0. The van der Waals surface area contributed by atoms with Crippen molar-refractivity contribution in [3.8, 4) is 0 Å². The van der Waals surface area contributed by atoms with E-state index < -0.39 is 0 Å². The van der Waals surface area contributed by atoms with Crippen LogP contribution in [0.25, 0.3) is 0 Å². The molecule has 0 aliphatic carbocycles. The van der Waals surface area contributed by atoms with Crippen molar-refractivity contribution in [1.82, 2.24) is 10.2 Å². The average Bonchev–Trinajstić information content (AvgIpc) is 3.49. The van der Waals surface area contributed by atoms with Crippen molar-refractivity contribution in [2.45, 2.75) is 12.8 Å². The van der Waals surface area contributed by atoms with E-state index in [0.717, 1.165) is 64.5 Å². The van der Waals surface area contributed by atoms with Crippen LogP contribution < -0.4 is 15.5 Å². The van der Waals surface area contributed by atoms with Crippen LogP contribution in [0.5, 0.6) is 0 Å². The SMILES string of the molecule is O=C(Nc1ccc(N2CCCC2)c(C(=O)NCCN2CCOCC2)c1)c1ccco1. The number of rotatable bonds is 7. The number of nitrogens with one attached hydrogen (secondary N) is 2. The van der Waals surface area contributed by atoms with Crippen LogP contribution in [0.4, 0.5) is 11.4 Å². The molecule has 0 saturated carbocycles. The zero-order chi connectivity index (χ0) is 20.8. The fourth-order valence-electron chi connectivity index (χ4n) is 3.88. The molecule has 0 spiro atoms. The monoisotopic (exact) mass is 412 g/mol. The van der Waals surface area contributed by atoms with Crippen molar-refractivity contribution < 1.29 is 18.7 Å². The molecule has 2 N–H and O–H groups in total. The molecule has 1 aromatic heterocycles. The minimum Gasteiger partial charge on any atom is -0.459 e. The third kappa shape index (κ3) is 5.01. The second-order valence-corrected chi connectivity index (χ2v) is 7.57. The minimum absolute atomic E-state index is 0.126. The molecule has 8 nitrogen and oxygen atoms in total. The molecule has 1 aromatic carbocycles. The first-order chi connectivity index (χ1) is 14.7. The molecule has 2 aliphatic rings. The number of morpholine rings is 1. The fourth-order valence-corrected chi connectivity index (χ4v) is 3.88. The van der Waals surface area contributed by atoms with Gasteiger partial charge in [-0.05, 0) is 43.2 Å². The average molecular weight is 412 g/mol. The van der Waals surface area contributed by atoms with Crippen molar-refractivity contribution in [3.05, 3.63) is 47.9 Å². The molecule has 30 heavy (non-hydrogen) atoms. The van der Waals surface area contributed by atoms with Crippen LogP contribution in [-0.2, 0) is 4.74 Å². The van der Waals surface area contributed by atoms with Gasteiger partial charge in [0.05, 0.1) is 25.0 Å². The molecule has 3 heterocycles. The number of ether oxygens (including phenoxy) is 1. The zero-order valence-electron chi connectivity index (χ0n) is 17.1. The van der Waals surface area contributed by atoms with Crippen molar-refractivity contribution >= 4 is 23.2 Å². The van der Waals surface area contributed by atoms with Gasteiger partial charge in [-0.1, -0.05) is 0 Å². The standard InChI is InChI=1S/C22H28N4O4/c27-21(23-7-10-25-11-14-29-15-12-25)18-16-17(24-22(28)20-4-3-13-30-20)5-6-19(18)26-8-1-2-9-26/h3-6,13,16H,1-2,7-12,14-15H2,(H,23,27)(H,24,28). The molecule has 0 bridgehead atoms. The molecule has 2 aromatic rings. The van der Waals surface area contributed by atoms with E-state index in [4.69, 9.17) is 9.15 Å². The van der Waals surface area contributed by atoms with Gasteiger partial charge in [0.25, 0.3) is 11.8 Å². The molecule has 2 saturated heterocycles. The first-order valence-electron chi connectivity index (χ1n) is 10.5. The Balaban J connectivity index is 1.46. The maximum Gasteiger partial charge on any atom is 0.291 e. The molecule has 4 rings (SSSR count). The van der Waals surface area contributed by atoms with Gasteiger partial charge in [-0.25, -0.2) is 0 Å². The largest absolute Gasteiger partial charge is 0.459 e. The lowest BCUT2D eigenvalue weighted by atomic mass is 10.1. The van der Waals surface area contributed by atoms with E-state index in [1.807, 2.05) is 12.1 Å². The van der Waals surface area contributed by atoms with E-state index in [1.165, 1.54) is 6.26 Å². The van der Waals surface area contributed by atoms with Gasteiger partial charge in [-0.15, -0.1) is 0 Å². The minimum atomic E-state index is -0.340. The summed E-state index contributed by atoms with van der Waals surface area (Å²) in [6.07, 6.45) is 3.70. The first-order valence-corrected chi connectivity index (χ1v) is 10.5. The Bertz CT molecular complexity index is 856. The fraction of sp³-hybridized carbons (Fsp3) is 0.455. The van der Waals surface area contributed by atoms with Crippen LogP contribution in [0.1, 0.15) is 33.8 Å². The van der Waals surface area contributed by atoms with Crippen molar-refractivity contribution in [1.29, 1.82) is 0 Å². The Morgan fingerprint density at radius 1 is 1.00 bits per heavy atom. The Labute approximate surface area is 176 Å². The molecule has 2 fully saturated rings. The van der Waals surface area contributed by atoms with Gasteiger partial charge in [-0.3, -0.25) is 14.5 Å². The summed E-state index contributed by atoms with van der Waals surface area (Å²) in [6, 6.07) is 8.77. The summed E-state index contributed by atoms with van der Waals surface area (Å²) in [5, 5.41) is 5.85. The third-order valence-electron chi connectivity index (χ3n) is 5.51. The highest BCUT2D eigenvalue weighted by atomic mass is 16.5. The normalized spacial score (nSPS) is 17.1. The summed E-state index contributed by atoms with van der Waals surface area (Å²) < 4.78 is 10.5. The lowest BCUT2D eigenvalue weighted by Gasteiger charge is -2.26. The van der Waals surface area contributed by atoms with Crippen molar-refractivity contribution in [2.24, 2.45) is 0 Å². The molecule has 160 valence electrons. The van der Waals surface area contributed by atoms with Crippen LogP contribution in [0.15, 0.2) is 41.0 Å². The molecule has 2 amide bonds. The van der Waals surface area contributed by atoms with Gasteiger partial charge in [0.2, 0.25) is 0 Å². The summed E-state index contributed by atoms with van der Waals surface area (Å²) >= 11 is 0. The first kappa shape index (κ1) is 20.4. The zero-order valence-corrected chi connectivity index (χ0v) is 17.1. The topological polar surface area (TPSA) is 87.1 Å². The van der Waals surface area contributed by atoms with Crippen molar-refractivity contribution in [2.75, 3.05) is 62.7 Å². The highest BCUT2D eigenvalue weighted by Gasteiger charge is 2.21. The van der Waals surface area contributed by atoms with Crippen LogP contribution in [0.3, 0.4) is 0 Å². The lowest BCUT2D eigenvalue weighted by Crippen LogP contribution is -2.41. The van der Waals surface area contributed by atoms with E-state index in [2.05, 4.69) is 20.4 Å². The van der Waals surface area contributed by atoms with Gasteiger partial charge < -0.3 is 24.7 Å². The van der Waals surface area contributed by atoms with E-state index in [9.17, 15) is 9.59 Å². The predicted octanol–water partition coefficient (Wildman–Crippen LogP) is 2.19. The number of carbonyl (C=O) groups is 2. The van der Waals surface area contributed by atoms with Gasteiger partial charge in [0.15, 0.2) is 5.76 Å². The molecular formula is C22H28N4O4. The van der Waals surface area contributed by atoms with Crippen LogP contribution >= 0.6 is 0 Å². The Kier molecular flexibility index (Phi) is 6.66. The summed E-state index contributed by atoms with van der Waals surface area (Å²) in [7, 11) is 0. The van der Waals surface area contributed by atoms with Gasteiger partial charge in [0, 0.05) is 50.6 Å². The van der Waals surface area contributed by atoms with Crippen LogP contribution in [-0.4, -0.2) is 69.2 Å². The number of furan rings is 1. The van der Waals surface area contributed by atoms with Gasteiger partial charge >= 0.3 is 0 Å². The maximum absolute atomic E-state index is 13.0. The predicted molar refractivity (Wildman–Crippen MR) is 114 cm³/mol. The highest BCUT2D eigenvalue weighted by molar-refractivity contribution is 6.05. The van der Waals surface area contributed by atoms with E-state index in [0.29, 0.717) is 17.8 Å². The number of hydrogen-bond donors (Lipinski definition) is 2. The third-order valence-corrected chi connectivity index (χ3v) is 5.51. The molecule has 0 unspecified atom stereocenters. The highest BCUT2D eigenvalue weighted by Crippen LogP contribution is 2.28. The second-order valence-electron chi connectivity index (χ2n) is 7.57. The molecular weight excluding hydrogens is 384 g/mol. The number of anilines is 2.